The van der Waals surface area contributed by atoms with Crippen molar-refractivity contribution < 1.29 is 42.9 Å². The summed E-state index contributed by atoms with van der Waals surface area (Å²) in [4.78, 5) is 73.1. The highest BCUT2D eigenvalue weighted by atomic mass is 16.5. The first-order chi connectivity index (χ1) is 52.6. The first-order valence-electron chi connectivity index (χ1n) is 39.6. The summed E-state index contributed by atoms with van der Waals surface area (Å²) in [6.07, 6.45) is 32.4. The fourth-order valence-corrected chi connectivity index (χ4v) is 12.1. The van der Waals surface area contributed by atoms with Gasteiger partial charge < -0.3 is 35.2 Å². The van der Waals surface area contributed by atoms with E-state index >= 15 is 0 Å². The van der Waals surface area contributed by atoms with Crippen LogP contribution < -0.4 is 20.9 Å². The molecule has 109 heavy (non-hydrogen) atoms. The maximum atomic E-state index is 13.9. The molecule has 0 saturated carbocycles. The van der Waals surface area contributed by atoms with Crippen LogP contribution >= 0.6 is 0 Å². The number of hydrogen-bond acceptors (Lipinski definition) is 23. The van der Waals surface area contributed by atoms with Gasteiger partial charge >= 0.3 is 29.9 Å². The molecule has 4 N–H and O–H groups in total. The van der Waals surface area contributed by atoms with Gasteiger partial charge in [-0.1, -0.05) is 237 Å². The van der Waals surface area contributed by atoms with E-state index in [1.807, 2.05) is 41.5 Å². The van der Waals surface area contributed by atoms with Crippen molar-refractivity contribution >= 4 is 64.2 Å². The highest BCUT2D eigenvalue weighted by molar-refractivity contribution is 5.96. The SMILES string of the molecule is [C-]#[N+]c1cnn(-c2cc(C(=O)OCCCCCCCC)cc(C(=O)OCCCCCCCC)c2)c1N=Nc1c(C(C)(C)C)nn(-c2nc(OCCCCCCCC)nc(-n3nc(C(C)(C)C)c(N=Nc4c(C#N)cnn4-c4cc(OC(=O)CCCCCCCC)cc(C(=O)OCCCCCCCC)c4)c3N)n2)c1N. The Labute approximate surface area is 642 Å². The second kappa shape index (κ2) is 44.3. The average molecular weight is 1500 g/mol. The molecule has 588 valence electrons. The van der Waals surface area contributed by atoms with Crippen LogP contribution in [0.2, 0.25) is 0 Å². The number of anilines is 2. The zero-order valence-electron chi connectivity index (χ0n) is 66.3. The normalized spacial score (nSPS) is 11.8. The van der Waals surface area contributed by atoms with Crippen LogP contribution in [0, 0.1) is 17.9 Å². The topological polar surface area (TPSA) is 354 Å². The second-order valence-corrected chi connectivity index (χ2v) is 29.7. The summed E-state index contributed by atoms with van der Waals surface area (Å²) >= 11 is 0. The van der Waals surface area contributed by atoms with Crippen molar-refractivity contribution in [3.8, 4) is 41.1 Å². The van der Waals surface area contributed by atoms with Crippen LogP contribution in [0.25, 0.3) is 28.1 Å². The lowest BCUT2D eigenvalue weighted by molar-refractivity contribution is -0.134. The number of unbranched alkanes of at least 4 members (excludes halogenated alkanes) is 25. The lowest BCUT2D eigenvalue weighted by Crippen LogP contribution is -2.17. The van der Waals surface area contributed by atoms with Crippen molar-refractivity contribution in [2.45, 2.75) is 286 Å². The van der Waals surface area contributed by atoms with Gasteiger partial charge in [-0.05, 0) is 62.4 Å². The number of nitrogens with zero attached hydrogens (tertiary/aromatic N) is 17. The minimum Gasteiger partial charge on any atom is -0.463 e. The molecule has 0 amide bonds. The Balaban J connectivity index is 1.29. The molecule has 5 heterocycles. The van der Waals surface area contributed by atoms with E-state index in [0.29, 0.717) is 43.5 Å². The second-order valence-electron chi connectivity index (χ2n) is 29.7. The third kappa shape index (κ3) is 26.0. The van der Waals surface area contributed by atoms with Crippen molar-refractivity contribution in [1.29, 1.82) is 5.26 Å². The number of nitriles is 1. The van der Waals surface area contributed by atoms with E-state index in [0.717, 1.165) is 161 Å². The number of ether oxygens (including phenoxy) is 5. The standard InChI is InChI=1S/C81H115N19O9/c1-13-18-23-28-33-38-43-65(101)109-63-52-59(76(104)107-46-41-36-31-26-21-16-4)51-62(53-63)97-72(60(54-82)55-86-97)93-91-66-68(80(6,7)8)95-99(70(66)83)77-88-78(90-79(89-77)108-47-42-37-32-27-22-17-5)100-71(84)67(69(96-100)81(9,10)11)92-94-73-64(85-12)56-87-98(73)61-49-57(74(102)105-44-39-34-29-24-19-14-2)48-58(50-61)75(103)106-45-40-35-30-25-20-15-3/h48-53,55-56H,13-47,83-84H2,1-11H3. The molecule has 7 aromatic rings. The monoisotopic (exact) mass is 1500 g/mol. The minimum atomic E-state index is -0.781. The van der Waals surface area contributed by atoms with Crippen molar-refractivity contribution in [3.05, 3.63) is 93.9 Å². The number of aromatic nitrogens is 11. The highest BCUT2D eigenvalue weighted by Crippen LogP contribution is 2.42. The third-order valence-electron chi connectivity index (χ3n) is 18.3. The van der Waals surface area contributed by atoms with E-state index in [9.17, 15) is 24.4 Å². The number of azo groups is 2. The number of nitrogen functional groups attached to an aromatic ring is 2. The van der Waals surface area contributed by atoms with E-state index in [1.54, 1.807) is 0 Å². The smallest absolute Gasteiger partial charge is 0.338 e. The molecule has 0 aliphatic carbocycles. The van der Waals surface area contributed by atoms with Gasteiger partial charge in [0.15, 0.2) is 34.6 Å². The number of hydrogen-bond donors (Lipinski definition) is 2. The molecule has 0 spiro atoms. The summed E-state index contributed by atoms with van der Waals surface area (Å²) in [6.45, 7) is 31.3. The van der Waals surface area contributed by atoms with E-state index in [2.05, 4.69) is 66.0 Å². The third-order valence-corrected chi connectivity index (χ3v) is 18.3. The van der Waals surface area contributed by atoms with E-state index in [1.165, 1.54) is 67.5 Å². The van der Waals surface area contributed by atoms with Crippen LogP contribution in [0.3, 0.4) is 0 Å². The van der Waals surface area contributed by atoms with Gasteiger partial charge in [-0.25, -0.2) is 28.6 Å². The molecule has 5 aromatic heterocycles. The maximum Gasteiger partial charge on any atom is 0.338 e. The van der Waals surface area contributed by atoms with Gasteiger partial charge in [0.2, 0.25) is 0 Å². The van der Waals surface area contributed by atoms with Gasteiger partial charge in [0, 0.05) is 23.3 Å². The van der Waals surface area contributed by atoms with Crippen LogP contribution in [-0.2, 0) is 29.8 Å². The van der Waals surface area contributed by atoms with Crippen molar-refractivity contribution in [1.82, 2.24) is 54.1 Å². The fraction of sp³-hybridized carbons (Fsp3) is 0.593. The summed E-state index contributed by atoms with van der Waals surface area (Å²) in [5, 5.41) is 48.4. The number of carbonyl (C=O) groups excluding carboxylic acids is 4. The Bertz CT molecular complexity index is 4180. The van der Waals surface area contributed by atoms with E-state index < -0.39 is 34.7 Å². The van der Waals surface area contributed by atoms with Crippen LogP contribution in [-0.4, -0.2) is 104 Å². The lowest BCUT2D eigenvalue weighted by Gasteiger charge is -2.15. The number of benzene rings is 2. The molecule has 7 rings (SSSR count). The van der Waals surface area contributed by atoms with Crippen LogP contribution in [0.5, 0.6) is 11.8 Å². The molecule has 0 saturated heterocycles. The van der Waals surface area contributed by atoms with Crippen LogP contribution in [0.1, 0.15) is 323 Å². The molecule has 2 aromatic carbocycles. The Morgan fingerprint density at radius 1 is 0.477 bits per heavy atom. The number of rotatable bonds is 48. The molecule has 0 bridgehead atoms. The van der Waals surface area contributed by atoms with Crippen LogP contribution in [0.4, 0.5) is 40.3 Å². The molecular weight excluding hydrogens is 1380 g/mol. The van der Waals surface area contributed by atoms with Crippen molar-refractivity contribution in [2.24, 2.45) is 20.5 Å². The lowest BCUT2D eigenvalue weighted by atomic mass is 9.91. The van der Waals surface area contributed by atoms with Gasteiger partial charge in [0.1, 0.15) is 17.4 Å². The van der Waals surface area contributed by atoms with Gasteiger partial charge in [-0.3, -0.25) is 4.79 Å². The minimum absolute atomic E-state index is 0.00996. The molecule has 0 unspecified atom stereocenters. The zero-order chi connectivity index (χ0) is 78.7. The fourth-order valence-electron chi connectivity index (χ4n) is 12.1. The molecule has 0 aliphatic rings. The Morgan fingerprint density at radius 3 is 1.29 bits per heavy atom. The Morgan fingerprint density at radius 2 is 0.862 bits per heavy atom. The number of carbonyl (C=O) groups is 4. The number of esters is 4. The molecule has 0 radical (unpaired) electrons. The molecular formula is C81H115N19O9. The molecule has 0 fully saturated rings. The quantitative estimate of drug-likeness (QED) is 0.00893. The largest absolute Gasteiger partial charge is 0.463 e. The van der Waals surface area contributed by atoms with Gasteiger partial charge in [-0.2, -0.15) is 50.0 Å². The number of nitrogens with two attached hydrogens (primary N) is 2. The van der Waals surface area contributed by atoms with E-state index in [-0.39, 0.29) is 130 Å². The summed E-state index contributed by atoms with van der Waals surface area (Å²) in [6, 6.07) is 11.0. The maximum absolute atomic E-state index is 13.9. The summed E-state index contributed by atoms with van der Waals surface area (Å²) in [5.41, 5.74) is 14.3. The predicted molar refractivity (Wildman–Crippen MR) is 420 cm³/mol. The molecule has 0 atom stereocenters. The highest BCUT2D eigenvalue weighted by Gasteiger charge is 2.32. The van der Waals surface area contributed by atoms with Gasteiger partial charge in [0.05, 0.1) is 84.8 Å². The summed E-state index contributed by atoms with van der Waals surface area (Å²) in [5.74, 6) is -2.84. The van der Waals surface area contributed by atoms with Gasteiger partial charge in [0.25, 0.3) is 17.6 Å². The average Bonchev–Trinajstić information content (AvgIpc) is 1.62. The van der Waals surface area contributed by atoms with E-state index in [4.69, 9.17) is 77.1 Å². The van der Waals surface area contributed by atoms with Crippen molar-refractivity contribution in [3.63, 3.8) is 0 Å². The first-order valence-corrected chi connectivity index (χ1v) is 39.6. The Hall–Kier alpha value is -10.2. The zero-order valence-corrected chi connectivity index (χ0v) is 66.3. The molecule has 28 heteroatoms. The molecule has 28 nitrogen and oxygen atoms in total. The summed E-state index contributed by atoms with van der Waals surface area (Å²) < 4.78 is 34.7. The van der Waals surface area contributed by atoms with Crippen LogP contribution in [0.15, 0.2) is 69.2 Å². The Kier molecular flexibility index (Phi) is 34.9. The summed E-state index contributed by atoms with van der Waals surface area (Å²) in [7, 11) is 0. The predicted octanol–water partition coefficient (Wildman–Crippen LogP) is 20.6. The van der Waals surface area contributed by atoms with Gasteiger partial charge in [-0.15, -0.1) is 20.5 Å². The molecule has 0 aliphatic heterocycles. The van der Waals surface area contributed by atoms with Crippen molar-refractivity contribution in [2.75, 3.05) is 37.9 Å². The first kappa shape index (κ1) is 86.0.